The molecule has 0 aliphatic carbocycles. The minimum Gasteiger partial charge on any atom is -0.455 e. The van der Waals surface area contributed by atoms with Gasteiger partial charge in [-0.1, -0.05) is 111 Å². The molecule has 0 spiro atoms. The van der Waals surface area contributed by atoms with E-state index >= 15 is 0 Å². The third-order valence-electron chi connectivity index (χ3n) is 8.27. The molecule has 0 atom stereocenters. The molecule has 2 heteroatoms. The van der Waals surface area contributed by atoms with E-state index in [2.05, 4.69) is 117 Å². The van der Waals surface area contributed by atoms with Crippen LogP contribution in [0.5, 0.6) is 0 Å². The summed E-state index contributed by atoms with van der Waals surface area (Å²) in [7, 11) is 0. The van der Waals surface area contributed by atoms with Crippen LogP contribution < -0.4 is 0 Å². The van der Waals surface area contributed by atoms with Crippen LogP contribution in [0.4, 0.5) is 0 Å². The standard InChI is InChI=1S/C39H28O2/c1-24(2)25-17-19-26(20-18-25)27-21-28(30-11-7-13-34-32-9-3-5-15-36(32)40-38(30)34)23-29(22-27)31-12-8-14-35-33-10-4-6-16-37(33)41-39(31)35/h3-24H,1-2H3. The van der Waals surface area contributed by atoms with E-state index in [9.17, 15) is 0 Å². The van der Waals surface area contributed by atoms with Gasteiger partial charge < -0.3 is 8.83 Å². The van der Waals surface area contributed by atoms with Crippen molar-refractivity contribution in [3.63, 3.8) is 0 Å². The van der Waals surface area contributed by atoms with Gasteiger partial charge in [0.2, 0.25) is 0 Å². The summed E-state index contributed by atoms with van der Waals surface area (Å²) in [5.41, 5.74) is 11.7. The second-order valence-corrected chi connectivity index (χ2v) is 11.1. The monoisotopic (exact) mass is 528 g/mol. The van der Waals surface area contributed by atoms with Crippen molar-refractivity contribution in [3.8, 4) is 33.4 Å². The third kappa shape index (κ3) is 3.87. The summed E-state index contributed by atoms with van der Waals surface area (Å²) in [5.74, 6) is 0.488. The van der Waals surface area contributed by atoms with Gasteiger partial charge in [-0.05, 0) is 64.1 Å². The van der Waals surface area contributed by atoms with Crippen LogP contribution in [0.15, 0.2) is 136 Å². The number of furan rings is 2. The van der Waals surface area contributed by atoms with Crippen molar-refractivity contribution in [2.24, 2.45) is 0 Å². The first-order valence-electron chi connectivity index (χ1n) is 14.2. The van der Waals surface area contributed by atoms with E-state index in [4.69, 9.17) is 8.83 Å². The summed E-state index contributed by atoms with van der Waals surface area (Å²) in [6.45, 7) is 4.46. The lowest BCUT2D eigenvalue weighted by Crippen LogP contribution is -1.89. The van der Waals surface area contributed by atoms with Crippen molar-refractivity contribution in [2.45, 2.75) is 19.8 Å². The maximum atomic E-state index is 6.46. The van der Waals surface area contributed by atoms with Crippen LogP contribution in [-0.2, 0) is 0 Å². The summed E-state index contributed by atoms with van der Waals surface area (Å²) in [4.78, 5) is 0. The van der Waals surface area contributed by atoms with Crippen LogP contribution in [0.1, 0.15) is 25.3 Å². The highest BCUT2D eigenvalue weighted by Crippen LogP contribution is 2.41. The maximum absolute atomic E-state index is 6.46. The lowest BCUT2D eigenvalue weighted by atomic mass is 9.91. The molecule has 0 aliphatic heterocycles. The molecule has 8 aromatic rings. The Balaban J connectivity index is 1.40. The van der Waals surface area contributed by atoms with Gasteiger partial charge in [-0.3, -0.25) is 0 Å². The Labute approximate surface area is 238 Å². The maximum Gasteiger partial charge on any atom is 0.143 e. The van der Waals surface area contributed by atoms with E-state index < -0.39 is 0 Å². The van der Waals surface area contributed by atoms with E-state index in [-0.39, 0.29) is 0 Å². The van der Waals surface area contributed by atoms with Crippen LogP contribution in [-0.4, -0.2) is 0 Å². The molecular weight excluding hydrogens is 500 g/mol. The Kier molecular flexibility index (Phi) is 5.36. The predicted octanol–water partition coefficient (Wildman–Crippen LogP) is 11.6. The highest BCUT2D eigenvalue weighted by Gasteiger charge is 2.17. The summed E-state index contributed by atoms with van der Waals surface area (Å²) >= 11 is 0. The topological polar surface area (TPSA) is 26.3 Å². The molecule has 8 rings (SSSR count). The van der Waals surface area contributed by atoms with Gasteiger partial charge in [0.25, 0.3) is 0 Å². The van der Waals surface area contributed by atoms with Crippen molar-refractivity contribution in [2.75, 3.05) is 0 Å². The van der Waals surface area contributed by atoms with E-state index in [0.29, 0.717) is 5.92 Å². The largest absolute Gasteiger partial charge is 0.455 e. The molecule has 2 heterocycles. The Hall–Kier alpha value is -5.08. The molecule has 0 fully saturated rings. The first-order chi connectivity index (χ1) is 20.1. The van der Waals surface area contributed by atoms with Crippen LogP contribution in [0, 0.1) is 0 Å². The number of rotatable bonds is 4. The highest BCUT2D eigenvalue weighted by molar-refractivity contribution is 6.11. The molecule has 0 radical (unpaired) electrons. The fourth-order valence-corrected chi connectivity index (χ4v) is 6.11. The smallest absolute Gasteiger partial charge is 0.143 e. The molecule has 196 valence electrons. The summed E-state index contributed by atoms with van der Waals surface area (Å²) in [6.07, 6.45) is 0. The van der Waals surface area contributed by atoms with E-state index in [0.717, 1.165) is 71.7 Å². The zero-order chi connectivity index (χ0) is 27.5. The second kappa shape index (κ2) is 9.25. The van der Waals surface area contributed by atoms with Crippen LogP contribution in [0.3, 0.4) is 0 Å². The number of hydrogen-bond donors (Lipinski definition) is 0. The summed E-state index contributed by atoms with van der Waals surface area (Å²) in [5, 5.41) is 4.53. The Morgan fingerprint density at radius 1 is 0.415 bits per heavy atom. The quantitative estimate of drug-likeness (QED) is 0.227. The third-order valence-corrected chi connectivity index (χ3v) is 8.27. The Morgan fingerprint density at radius 3 is 1.39 bits per heavy atom. The fraction of sp³-hybridized carbons (Fsp3) is 0.0769. The number of benzene rings is 6. The predicted molar refractivity (Wildman–Crippen MR) is 171 cm³/mol. The first kappa shape index (κ1) is 23.8. The van der Waals surface area contributed by atoms with Crippen LogP contribution in [0.25, 0.3) is 77.3 Å². The zero-order valence-electron chi connectivity index (χ0n) is 23.0. The molecule has 2 nitrogen and oxygen atoms in total. The average Bonchev–Trinajstić information content (AvgIpc) is 3.59. The second-order valence-electron chi connectivity index (χ2n) is 11.1. The highest BCUT2D eigenvalue weighted by atomic mass is 16.3. The average molecular weight is 529 g/mol. The SMILES string of the molecule is CC(C)c1ccc(-c2cc(-c3cccc4c3oc3ccccc34)cc(-c3cccc4c3oc3ccccc34)c2)cc1. The Morgan fingerprint density at radius 2 is 0.878 bits per heavy atom. The van der Waals surface area contributed by atoms with Gasteiger partial charge in [-0.15, -0.1) is 0 Å². The first-order valence-corrected chi connectivity index (χ1v) is 14.2. The minimum atomic E-state index is 0.488. The van der Waals surface area contributed by atoms with Gasteiger partial charge in [0.1, 0.15) is 22.3 Å². The molecule has 0 unspecified atom stereocenters. The number of fused-ring (bicyclic) bond motifs is 6. The number of hydrogen-bond acceptors (Lipinski definition) is 2. The normalized spacial score (nSPS) is 11.9. The molecular formula is C39H28O2. The fourth-order valence-electron chi connectivity index (χ4n) is 6.11. The van der Waals surface area contributed by atoms with E-state index in [1.165, 1.54) is 11.1 Å². The van der Waals surface area contributed by atoms with Crippen LogP contribution >= 0.6 is 0 Å². The van der Waals surface area contributed by atoms with Gasteiger partial charge in [-0.2, -0.15) is 0 Å². The van der Waals surface area contributed by atoms with Gasteiger partial charge in [0.15, 0.2) is 0 Å². The molecule has 0 aliphatic rings. The van der Waals surface area contributed by atoms with Crippen molar-refractivity contribution >= 4 is 43.9 Å². The molecule has 0 saturated heterocycles. The van der Waals surface area contributed by atoms with Gasteiger partial charge in [-0.25, -0.2) is 0 Å². The van der Waals surface area contributed by atoms with Crippen LogP contribution in [0.2, 0.25) is 0 Å². The lowest BCUT2D eigenvalue weighted by Gasteiger charge is -2.13. The van der Waals surface area contributed by atoms with E-state index in [1.54, 1.807) is 0 Å². The van der Waals surface area contributed by atoms with E-state index in [1.807, 2.05) is 24.3 Å². The number of para-hydroxylation sites is 4. The van der Waals surface area contributed by atoms with Gasteiger partial charge in [0, 0.05) is 32.7 Å². The Bertz CT molecular complexity index is 2090. The van der Waals surface area contributed by atoms with Crippen molar-refractivity contribution in [3.05, 3.63) is 133 Å². The molecule has 41 heavy (non-hydrogen) atoms. The molecule has 0 saturated carbocycles. The molecule has 0 N–H and O–H groups in total. The van der Waals surface area contributed by atoms with Gasteiger partial charge >= 0.3 is 0 Å². The molecule has 2 aromatic heterocycles. The van der Waals surface area contributed by atoms with Crippen molar-refractivity contribution in [1.82, 2.24) is 0 Å². The van der Waals surface area contributed by atoms with Crippen molar-refractivity contribution < 1.29 is 8.83 Å². The van der Waals surface area contributed by atoms with Gasteiger partial charge in [0.05, 0.1) is 0 Å². The molecule has 6 aromatic carbocycles. The summed E-state index contributed by atoms with van der Waals surface area (Å²) in [6, 6.07) is 45.2. The minimum absolute atomic E-state index is 0.488. The zero-order valence-corrected chi connectivity index (χ0v) is 23.0. The lowest BCUT2D eigenvalue weighted by molar-refractivity contribution is 0.670. The molecule has 0 amide bonds. The summed E-state index contributed by atoms with van der Waals surface area (Å²) < 4.78 is 12.9. The van der Waals surface area contributed by atoms with Crippen molar-refractivity contribution in [1.29, 1.82) is 0 Å². The molecule has 0 bridgehead atoms.